The first-order chi connectivity index (χ1) is 7.77. The summed E-state index contributed by atoms with van der Waals surface area (Å²) in [5.41, 5.74) is 0. The molecular weight excluding hydrogens is 215 g/mol. The van der Waals surface area contributed by atoms with Gasteiger partial charge < -0.3 is 0 Å². The van der Waals surface area contributed by atoms with Crippen LogP contribution in [-0.2, 0) is 0 Å². The van der Waals surface area contributed by atoms with Crippen molar-refractivity contribution in [1.29, 1.82) is 0 Å². The normalized spacial score (nSPS) is 12.4. The van der Waals surface area contributed by atoms with Crippen molar-refractivity contribution in [3.8, 4) is 0 Å². The zero-order chi connectivity index (χ0) is 11.4. The Morgan fingerprint density at radius 3 is 1.50 bits per heavy atom. The molecule has 2 aromatic rings. The van der Waals surface area contributed by atoms with E-state index in [-0.39, 0.29) is 0 Å². The van der Waals surface area contributed by atoms with Crippen molar-refractivity contribution in [1.82, 2.24) is 0 Å². The van der Waals surface area contributed by atoms with Crippen LogP contribution in [0.25, 0.3) is 0 Å². The SMILES string of the molecule is CC[PH](O)(c1ccccc1)c1ccccc1. The summed E-state index contributed by atoms with van der Waals surface area (Å²) in [6.07, 6.45) is 0.807. The number of benzene rings is 2. The van der Waals surface area contributed by atoms with E-state index in [9.17, 15) is 4.89 Å². The van der Waals surface area contributed by atoms with E-state index in [4.69, 9.17) is 0 Å². The van der Waals surface area contributed by atoms with Crippen molar-refractivity contribution in [2.75, 3.05) is 6.16 Å². The fraction of sp³-hybridized carbons (Fsp3) is 0.143. The van der Waals surface area contributed by atoms with Crippen molar-refractivity contribution < 1.29 is 4.89 Å². The van der Waals surface area contributed by atoms with Gasteiger partial charge in [0.2, 0.25) is 0 Å². The van der Waals surface area contributed by atoms with E-state index in [1.165, 1.54) is 0 Å². The Hall–Kier alpha value is -1.17. The topological polar surface area (TPSA) is 20.2 Å². The van der Waals surface area contributed by atoms with Crippen LogP contribution in [-0.4, -0.2) is 11.1 Å². The van der Waals surface area contributed by atoms with Gasteiger partial charge in [0.1, 0.15) is 0 Å². The summed E-state index contributed by atoms with van der Waals surface area (Å²) in [5.74, 6) is 0. The van der Waals surface area contributed by atoms with Crippen LogP contribution in [0.3, 0.4) is 0 Å². The van der Waals surface area contributed by atoms with Crippen molar-refractivity contribution in [3.05, 3.63) is 60.7 Å². The first-order valence-electron chi connectivity index (χ1n) is 5.61. The molecule has 0 radical (unpaired) electrons. The van der Waals surface area contributed by atoms with Crippen LogP contribution in [0.2, 0.25) is 0 Å². The van der Waals surface area contributed by atoms with Gasteiger partial charge in [-0.25, -0.2) is 0 Å². The zero-order valence-corrected chi connectivity index (χ0v) is 10.4. The van der Waals surface area contributed by atoms with Crippen LogP contribution in [0.4, 0.5) is 0 Å². The average molecular weight is 232 g/mol. The van der Waals surface area contributed by atoms with Gasteiger partial charge >= 0.3 is 96.7 Å². The molecule has 0 saturated carbocycles. The molecule has 0 aliphatic carbocycles. The van der Waals surface area contributed by atoms with Crippen LogP contribution in [0.1, 0.15) is 6.92 Å². The van der Waals surface area contributed by atoms with Crippen LogP contribution in [0, 0.1) is 0 Å². The second kappa shape index (κ2) is 4.78. The molecule has 0 spiro atoms. The summed E-state index contributed by atoms with van der Waals surface area (Å²) in [6.45, 7) is 2.06. The maximum atomic E-state index is 10.9. The summed E-state index contributed by atoms with van der Waals surface area (Å²) in [5, 5.41) is 2.17. The molecule has 0 unspecified atom stereocenters. The van der Waals surface area contributed by atoms with E-state index in [0.29, 0.717) is 0 Å². The Morgan fingerprint density at radius 2 is 1.19 bits per heavy atom. The van der Waals surface area contributed by atoms with Gasteiger partial charge in [-0.15, -0.1) is 0 Å². The Balaban J connectivity index is 2.49. The van der Waals surface area contributed by atoms with E-state index in [1.54, 1.807) is 0 Å². The first-order valence-corrected chi connectivity index (χ1v) is 7.76. The summed E-state index contributed by atoms with van der Waals surface area (Å²) >= 11 is 0. The summed E-state index contributed by atoms with van der Waals surface area (Å²) < 4.78 is 0. The molecule has 0 aliphatic rings. The van der Waals surface area contributed by atoms with Gasteiger partial charge in [-0.05, 0) is 0 Å². The van der Waals surface area contributed by atoms with Gasteiger partial charge in [-0.3, -0.25) is 0 Å². The van der Waals surface area contributed by atoms with Crippen molar-refractivity contribution in [2.24, 2.45) is 0 Å². The molecule has 0 aromatic heterocycles. The fourth-order valence-corrected chi connectivity index (χ4v) is 4.64. The van der Waals surface area contributed by atoms with Crippen LogP contribution in [0.5, 0.6) is 0 Å². The minimum absolute atomic E-state index is 0.807. The van der Waals surface area contributed by atoms with Crippen molar-refractivity contribution in [2.45, 2.75) is 6.92 Å². The fourth-order valence-electron chi connectivity index (χ4n) is 2.00. The molecule has 0 heterocycles. The Morgan fingerprint density at radius 1 is 0.812 bits per heavy atom. The molecule has 0 bridgehead atoms. The molecule has 0 aliphatic heterocycles. The van der Waals surface area contributed by atoms with Crippen LogP contribution >= 0.6 is 7.49 Å². The molecule has 84 valence electrons. The van der Waals surface area contributed by atoms with Gasteiger partial charge in [0.05, 0.1) is 0 Å². The molecule has 16 heavy (non-hydrogen) atoms. The third-order valence-electron chi connectivity index (χ3n) is 3.01. The summed E-state index contributed by atoms with van der Waals surface area (Å²) in [7, 11) is -2.48. The molecule has 1 N–H and O–H groups in total. The Kier molecular flexibility index (Phi) is 3.38. The van der Waals surface area contributed by atoms with E-state index in [1.807, 2.05) is 60.7 Å². The van der Waals surface area contributed by atoms with Crippen molar-refractivity contribution >= 4 is 18.1 Å². The van der Waals surface area contributed by atoms with Crippen molar-refractivity contribution in [3.63, 3.8) is 0 Å². The standard InChI is InChI=1S/C14H17OP/c1-2-16(15,13-9-5-3-6-10-13)14-11-7-4-8-12-14/h3-12,15-16H,2H2,1H3. The Bertz CT molecular complexity index is 399. The van der Waals surface area contributed by atoms with Gasteiger partial charge in [-0.1, -0.05) is 0 Å². The third kappa shape index (κ3) is 2.02. The number of rotatable bonds is 3. The molecule has 0 amide bonds. The molecule has 2 rings (SSSR count). The van der Waals surface area contributed by atoms with E-state index >= 15 is 0 Å². The second-order valence-electron chi connectivity index (χ2n) is 3.95. The summed E-state index contributed by atoms with van der Waals surface area (Å²) in [4.78, 5) is 10.9. The summed E-state index contributed by atoms with van der Waals surface area (Å²) in [6, 6.07) is 20.1. The number of hydrogen-bond acceptors (Lipinski definition) is 1. The van der Waals surface area contributed by atoms with E-state index in [2.05, 4.69) is 6.92 Å². The predicted molar refractivity (Wildman–Crippen MR) is 73.2 cm³/mol. The third-order valence-corrected chi connectivity index (χ3v) is 6.61. The van der Waals surface area contributed by atoms with Crippen LogP contribution < -0.4 is 10.6 Å². The minimum atomic E-state index is -2.48. The van der Waals surface area contributed by atoms with E-state index < -0.39 is 7.49 Å². The van der Waals surface area contributed by atoms with Crippen LogP contribution in [0.15, 0.2) is 60.7 Å². The molecule has 2 aromatic carbocycles. The van der Waals surface area contributed by atoms with E-state index in [0.717, 1.165) is 16.8 Å². The predicted octanol–water partition coefficient (Wildman–Crippen LogP) is 2.31. The molecular formula is C14H17OP. The zero-order valence-electron chi connectivity index (χ0n) is 9.43. The van der Waals surface area contributed by atoms with Gasteiger partial charge in [0.15, 0.2) is 0 Å². The quantitative estimate of drug-likeness (QED) is 0.805. The molecule has 0 saturated heterocycles. The number of hydrogen-bond donors (Lipinski definition) is 1. The Labute approximate surface area is 97.2 Å². The maximum absolute atomic E-state index is 10.9. The molecule has 0 fully saturated rings. The second-order valence-corrected chi connectivity index (χ2v) is 7.53. The van der Waals surface area contributed by atoms with Gasteiger partial charge in [-0.2, -0.15) is 0 Å². The first kappa shape index (κ1) is 11.3. The molecule has 0 atom stereocenters. The molecule has 2 heteroatoms. The van der Waals surface area contributed by atoms with Gasteiger partial charge in [0, 0.05) is 0 Å². The molecule has 1 nitrogen and oxygen atoms in total. The monoisotopic (exact) mass is 232 g/mol. The van der Waals surface area contributed by atoms with Gasteiger partial charge in [0.25, 0.3) is 0 Å². The average Bonchev–Trinajstić information content (AvgIpc) is 2.40.